The maximum absolute atomic E-state index is 8.85. The third kappa shape index (κ3) is 2.63. The molecule has 2 aromatic carbocycles. The molecule has 0 aromatic heterocycles. The standard InChI is InChI=1S/C14H12N2O/c15-10-13(16)12-8-4-5-9-14(12)17-11-6-2-1-3-7-11/h1-9,13H,16H2/t13-/m0/s1. The molecule has 0 heterocycles. The highest BCUT2D eigenvalue weighted by molar-refractivity contribution is 5.41. The molecule has 0 spiro atoms. The van der Waals surface area contributed by atoms with Crippen molar-refractivity contribution in [3.8, 4) is 17.6 Å². The van der Waals surface area contributed by atoms with Crippen LogP contribution in [0.4, 0.5) is 0 Å². The number of para-hydroxylation sites is 2. The van der Waals surface area contributed by atoms with E-state index in [-0.39, 0.29) is 0 Å². The van der Waals surface area contributed by atoms with Crippen LogP contribution in [-0.2, 0) is 0 Å². The van der Waals surface area contributed by atoms with Crippen molar-refractivity contribution < 1.29 is 4.74 Å². The third-order valence-corrected chi connectivity index (χ3v) is 2.36. The van der Waals surface area contributed by atoms with Crippen molar-refractivity contribution in [2.45, 2.75) is 6.04 Å². The van der Waals surface area contributed by atoms with Gasteiger partial charge in [0.25, 0.3) is 0 Å². The van der Waals surface area contributed by atoms with Crippen molar-refractivity contribution in [1.29, 1.82) is 5.26 Å². The normalized spacial score (nSPS) is 11.5. The molecule has 0 fully saturated rings. The van der Waals surface area contributed by atoms with Crippen LogP contribution in [0.15, 0.2) is 54.6 Å². The summed E-state index contributed by atoms with van der Waals surface area (Å²) >= 11 is 0. The Hall–Kier alpha value is -2.31. The van der Waals surface area contributed by atoms with Gasteiger partial charge in [-0.2, -0.15) is 5.26 Å². The van der Waals surface area contributed by atoms with Gasteiger partial charge in [0.2, 0.25) is 0 Å². The van der Waals surface area contributed by atoms with Gasteiger partial charge in [-0.1, -0.05) is 36.4 Å². The van der Waals surface area contributed by atoms with E-state index in [4.69, 9.17) is 15.7 Å². The number of ether oxygens (including phenoxy) is 1. The number of nitrogens with two attached hydrogens (primary N) is 1. The van der Waals surface area contributed by atoms with E-state index in [1.54, 1.807) is 12.1 Å². The fourth-order valence-electron chi connectivity index (χ4n) is 1.52. The van der Waals surface area contributed by atoms with E-state index >= 15 is 0 Å². The first-order valence-electron chi connectivity index (χ1n) is 5.28. The van der Waals surface area contributed by atoms with E-state index in [0.29, 0.717) is 11.3 Å². The fourth-order valence-corrected chi connectivity index (χ4v) is 1.52. The smallest absolute Gasteiger partial charge is 0.133 e. The molecule has 3 nitrogen and oxygen atoms in total. The average molecular weight is 224 g/mol. The molecule has 0 amide bonds. The molecule has 3 heteroatoms. The minimum Gasteiger partial charge on any atom is -0.457 e. The van der Waals surface area contributed by atoms with Crippen LogP contribution in [0.25, 0.3) is 0 Å². The summed E-state index contributed by atoms with van der Waals surface area (Å²) in [5.41, 5.74) is 6.40. The second kappa shape index (κ2) is 5.15. The Kier molecular flexibility index (Phi) is 3.39. The zero-order valence-electron chi connectivity index (χ0n) is 9.21. The summed E-state index contributed by atoms with van der Waals surface area (Å²) in [6.45, 7) is 0. The number of benzene rings is 2. The Labute approximate surface area is 100 Å². The van der Waals surface area contributed by atoms with Crippen LogP contribution in [0.2, 0.25) is 0 Å². The Bertz CT molecular complexity index is 531. The Balaban J connectivity index is 2.31. The summed E-state index contributed by atoms with van der Waals surface area (Å²) in [4.78, 5) is 0. The van der Waals surface area contributed by atoms with Gasteiger partial charge < -0.3 is 10.5 Å². The maximum atomic E-state index is 8.85. The summed E-state index contributed by atoms with van der Waals surface area (Å²) in [7, 11) is 0. The highest BCUT2D eigenvalue weighted by Crippen LogP contribution is 2.28. The zero-order valence-corrected chi connectivity index (χ0v) is 9.21. The van der Waals surface area contributed by atoms with Crippen LogP contribution in [0.1, 0.15) is 11.6 Å². The van der Waals surface area contributed by atoms with Crippen LogP contribution in [-0.4, -0.2) is 0 Å². The van der Waals surface area contributed by atoms with E-state index in [0.717, 1.165) is 5.75 Å². The second-order valence-corrected chi connectivity index (χ2v) is 3.56. The molecule has 2 rings (SSSR count). The highest BCUT2D eigenvalue weighted by atomic mass is 16.5. The van der Waals surface area contributed by atoms with E-state index in [1.807, 2.05) is 48.5 Å². The molecule has 17 heavy (non-hydrogen) atoms. The molecule has 84 valence electrons. The lowest BCUT2D eigenvalue weighted by molar-refractivity contribution is 0.474. The number of hydrogen-bond acceptors (Lipinski definition) is 3. The van der Waals surface area contributed by atoms with Crippen molar-refractivity contribution in [2.24, 2.45) is 5.73 Å². The van der Waals surface area contributed by atoms with E-state index < -0.39 is 6.04 Å². The molecular formula is C14H12N2O. The van der Waals surface area contributed by atoms with Crippen LogP contribution >= 0.6 is 0 Å². The van der Waals surface area contributed by atoms with Crippen LogP contribution in [0.5, 0.6) is 11.5 Å². The average Bonchev–Trinajstić information content (AvgIpc) is 2.40. The van der Waals surface area contributed by atoms with Gasteiger partial charge in [-0.15, -0.1) is 0 Å². The van der Waals surface area contributed by atoms with Crippen LogP contribution in [0, 0.1) is 11.3 Å². The molecule has 2 N–H and O–H groups in total. The monoisotopic (exact) mass is 224 g/mol. The van der Waals surface area contributed by atoms with Crippen molar-refractivity contribution in [1.82, 2.24) is 0 Å². The van der Waals surface area contributed by atoms with Crippen molar-refractivity contribution >= 4 is 0 Å². The number of nitrogens with zero attached hydrogens (tertiary/aromatic N) is 1. The van der Waals surface area contributed by atoms with E-state index in [2.05, 4.69) is 0 Å². The minimum absolute atomic E-state index is 0.618. The minimum atomic E-state index is -0.671. The van der Waals surface area contributed by atoms with E-state index in [9.17, 15) is 0 Å². The molecule has 0 bridgehead atoms. The van der Waals surface area contributed by atoms with Gasteiger partial charge in [-0.3, -0.25) is 0 Å². The van der Waals surface area contributed by atoms with Gasteiger partial charge in [-0.05, 0) is 18.2 Å². The van der Waals surface area contributed by atoms with Crippen molar-refractivity contribution in [3.63, 3.8) is 0 Å². The zero-order chi connectivity index (χ0) is 12.1. The summed E-state index contributed by atoms with van der Waals surface area (Å²) in [5.74, 6) is 1.35. The van der Waals surface area contributed by atoms with Gasteiger partial charge >= 0.3 is 0 Å². The van der Waals surface area contributed by atoms with Gasteiger partial charge in [0, 0.05) is 5.56 Å². The lowest BCUT2D eigenvalue weighted by Gasteiger charge is -2.11. The maximum Gasteiger partial charge on any atom is 0.133 e. The first-order valence-corrected chi connectivity index (χ1v) is 5.28. The molecule has 0 aliphatic carbocycles. The molecule has 2 aromatic rings. The Morgan fingerprint density at radius 2 is 1.65 bits per heavy atom. The van der Waals surface area contributed by atoms with Gasteiger partial charge in [0.05, 0.1) is 6.07 Å². The molecule has 1 atom stereocenters. The fraction of sp³-hybridized carbons (Fsp3) is 0.0714. The third-order valence-electron chi connectivity index (χ3n) is 2.36. The van der Waals surface area contributed by atoms with E-state index in [1.165, 1.54) is 0 Å². The Morgan fingerprint density at radius 1 is 1.00 bits per heavy atom. The molecule has 0 radical (unpaired) electrons. The van der Waals surface area contributed by atoms with Crippen molar-refractivity contribution in [2.75, 3.05) is 0 Å². The lowest BCUT2D eigenvalue weighted by Crippen LogP contribution is -2.08. The van der Waals surface area contributed by atoms with Crippen LogP contribution in [0.3, 0.4) is 0 Å². The Morgan fingerprint density at radius 3 is 2.35 bits per heavy atom. The topological polar surface area (TPSA) is 59.0 Å². The summed E-state index contributed by atoms with van der Waals surface area (Å²) in [6, 6.07) is 18.0. The molecule has 0 aliphatic heterocycles. The van der Waals surface area contributed by atoms with Gasteiger partial charge in [-0.25, -0.2) is 0 Å². The molecule has 0 saturated carbocycles. The second-order valence-electron chi connectivity index (χ2n) is 3.56. The number of rotatable bonds is 3. The molecule has 0 aliphatic rings. The molecular weight excluding hydrogens is 212 g/mol. The first kappa shape index (κ1) is 11.2. The predicted molar refractivity (Wildman–Crippen MR) is 65.5 cm³/mol. The lowest BCUT2D eigenvalue weighted by atomic mass is 10.1. The number of nitriles is 1. The van der Waals surface area contributed by atoms with Gasteiger partial charge in [0.15, 0.2) is 0 Å². The molecule has 0 saturated heterocycles. The summed E-state index contributed by atoms with van der Waals surface area (Å²) in [6.07, 6.45) is 0. The number of hydrogen-bond donors (Lipinski definition) is 1. The predicted octanol–water partition coefficient (Wildman–Crippen LogP) is 3.00. The SMILES string of the molecule is N#C[C@H](N)c1ccccc1Oc1ccccc1. The molecule has 0 unspecified atom stereocenters. The summed E-state index contributed by atoms with van der Waals surface area (Å²) < 4.78 is 5.70. The quantitative estimate of drug-likeness (QED) is 0.871. The van der Waals surface area contributed by atoms with Crippen molar-refractivity contribution in [3.05, 3.63) is 60.2 Å². The van der Waals surface area contributed by atoms with Gasteiger partial charge in [0.1, 0.15) is 17.5 Å². The largest absolute Gasteiger partial charge is 0.457 e. The summed E-state index contributed by atoms with van der Waals surface area (Å²) in [5, 5.41) is 8.85. The van der Waals surface area contributed by atoms with Crippen LogP contribution < -0.4 is 10.5 Å². The first-order chi connectivity index (χ1) is 8.31. The highest BCUT2D eigenvalue weighted by Gasteiger charge is 2.11.